The van der Waals surface area contributed by atoms with Crippen LogP contribution in [0.5, 0.6) is 0 Å². The average molecular weight is 290 g/mol. The summed E-state index contributed by atoms with van der Waals surface area (Å²) in [6, 6.07) is 1.76. The summed E-state index contributed by atoms with van der Waals surface area (Å²) >= 11 is 0. The van der Waals surface area contributed by atoms with Gasteiger partial charge in [-0.3, -0.25) is 4.79 Å². The van der Waals surface area contributed by atoms with Crippen LogP contribution >= 0.6 is 0 Å². The van der Waals surface area contributed by atoms with E-state index in [9.17, 15) is 4.79 Å². The van der Waals surface area contributed by atoms with Gasteiger partial charge in [-0.05, 0) is 26.8 Å². The number of rotatable bonds is 6. The van der Waals surface area contributed by atoms with E-state index in [1.165, 1.54) is 4.68 Å². The molecule has 2 heterocycles. The number of primary amides is 1. The van der Waals surface area contributed by atoms with Crippen LogP contribution in [0.4, 0.5) is 11.9 Å². The molecule has 0 aliphatic carbocycles. The number of nitrogens with two attached hydrogens (primary N) is 1. The molecule has 2 aromatic rings. The lowest BCUT2D eigenvalue weighted by atomic mass is 10.1. The zero-order valence-corrected chi connectivity index (χ0v) is 12.2. The van der Waals surface area contributed by atoms with Crippen LogP contribution in [0.15, 0.2) is 18.5 Å². The number of nitrogens with zero attached hydrogens (tertiary/aromatic N) is 5. The lowest BCUT2D eigenvalue weighted by Gasteiger charge is -2.22. The Morgan fingerprint density at radius 1 is 1.33 bits per heavy atom. The van der Waals surface area contributed by atoms with Gasteiger partial charge in [0.1, 0.15) is 5.54 Å². The second-order valence-corrected chi connectivity index (χ2v) is 4.88. The Bertz CT molecular complexity index is 622. The monoisotopic (exact) mass is 290 g/mol. The summed E-state index contributed by atoms with van der Waals surface area (Å²) in [7, 11) is 0. The SMILES string of the molecule is CCNc1nc(NC(C)(C)C(N)=O)nc(-n2cccn2)n1. The van der Waals surface area contributed by atoms with Crippen molar-refractivity contribution in [2.24, 2.45) is 5.73 Å². The topological polar surface area (TPSA) is 124 Å². The molecule has 9 heteroatoms. The zero-order valence-electron chi connectivity index (χ0n) is 12.2. The number of hydrogen-bond donors (Lipinski definition) is 3. The second-order valence-electron chi connectivity index (χ2n) is 4.88. The lowest BCUT2D eigenvalue weighted by Crippen LogP contribution is -2.45. The van der Waals surface area contributed by atoms with E-state index in [0.717, 1.165) is 0 Å². The minimum Gasteiger partial charge on any atom is -0.368 e. The van der Waals surface area contributed by atoms with E-state index in [1.54, 1.807) is 32.3 Å². The Kier molecular flexibility index (Phi) is 4.01. The molecular formula is C12H18N8O. The molecule has 0 aromatic carbocycles. The van der Waals surface area contributed by atoms with Crippen molar-refractivity contribution in [2.45, 2.75) is 26.3 Å². The summed E-state index contributed by atoms with van der Waals surface area (Å²) < 4.78 is 1.50. The van der Waals surface area contributed by atoms with E-state index >= 15 is 0 Å². The van der Waals surface area contributed by atoms with Crippen molar-refractivity contribution in [1.82, 2.24) is 24.7 Å². The molecule has 2 rings (SSSR count). The van der Waals surface area contributed by atoms with Crippen LogP contribution in [0.1, 0.15) is 20.8 Å². The molecule has 0 radical (unpaired) electrons. The number of amides is 1. The molecule has 112 valence electrons. The maximum absolute atomic E-state index is 11.4. The number of aromatic nitrogens is 5. The largest absolute Gasteiger partial charge is 0.368 e. The van der Waals surface area contributed by atoms with Gasteiger partial charge >= 0.3 is 0 Å². The van der Waals surface area contributed by atoms with Crippen molar-refractivity contribution in [3.63, 3.8) is 0 Å². The van der Waals surface area contributed by atoms with Crippen molar-refractivity contribution in [2.75, 3.05) is 17.2 Å². The van der Waals surface area contributed by atoms with E-state index in [1.807, 2.05) is 6.92 Å². The molecule has 0 unspecified atom stereocenters. The second kappa shape index (κ2) is 5.73. The quantitative estimate of drug-likeness (QED) is 0.692. The van der Waals surface area contributed by atoms with Gasteiger partial charge in [-0.1, -0.05) is 0 Å². The van der Waals surface area contributed by atoms with Gasteiger partial charge in [0.2, 0.25) is 17.8 Å². The molecule has 0 saturated heterocycles. The first kappa shape index (κ1) is 14.7. The maximum atomic E-state index is 11.4. The normalized spacial score (nSPS) is 11.2. The third kappa shape index (κ3) is 3.44. The first-order valence-corrected chi connectivity index (χ1v) is 6.50. The van der Waals surface area contributed by atoms with Crippen LogP contribution in [0.3, 0.4) is 0 Å². The van der Waals surface area contributed by atoms with Crippen molar-refractivity contribution in [3.8, 4) is 5.95 Å². The summed E-state index contributed by atoms with van der Waals surface area (Å²) in [5, 5.41) is 9.98. The fourth-order valence-electron chi connectivity index (χ4n) is 1.49. The summed E-state index contributed by atoms with van der Waals surface area (Å²) in [5.74, 6) is 0.471. The Morgan fingerprint density at radius 2 is 2.05 bits per heavy atom. The van der Waals surface area contributed by atoms with E-state index in [2.05, 4.69) is 30.7 Å². The molecule has 0 bridgehead atoms. The fraction of sp³-hybridized carbons (Fsp3) is 0.417. The van der Waals surface area contributed by atoms with Crippen molar-refractivity contribution < 1.29 is 4.79 Å². The third-order valence-electron chi connectivity index (χ3n) is 2.71. The Hall–Kier alpha value is -2.71. The van der Waals surface area contributed by atoms with Crippen molar-refractivity contribution in [1.29, 1.82) is 0 Å². The van der Waals surface area contributed by atoms with Gasteiger partial charge in [-0.2, -0.15) is 20.1 Å². The number of nitrogens with one attached hydrogen (secondary N) is 2. The van der Waals surface area contributed by atoms with Crippen molar-refractivity contribution in [3.05, 3.63) is 18.5 Å². The minimum atomic E-state index is -0.980. The van der Waals surface area contributed by atoms with Crippen LogP contribution in [0, 0.1) is 0 Å². The molecule has 9 nitrogen and oxygen atoms in total. The minimum absolute atomic E-state index is 0.246. The molecule has 0 fully saturated rings. The Labute approximate surface area is 122 Å². The number of carbonyl (C=O) groups excluding carboxylic acids is 1. The van der Waals surface area contributed by atoms with E-state index in [-0.39, 0.29) is 5.95 Å². The predicted molar refractivity (Wildman–Crippen MR) is 78.0 cm³/mol. The summed E-state index contributed by atoms with van der Waals surface area (Å²) in [5.41, 5.74) is 4.36. The first-order chi connectivity index (χ1) is 9.92. The van der Waals surface area contributed by atoms with Gasteiger partial charge in [0.05, 0.1) is 0 Å². The number of carbonyl (C=O) groups is 1. The van der Waals surface area contributed by atoms with Crippen LogP contribution in [-0.2, 0) is 4.79 Å². The van der Waals surface area contributed by atoms with Crippen LogP contribution in [0.25, 0.3) is 5.95 Å². The highest BCUT2D eigenvalue weighted by Gasteiger charge is 2.26. The van der Waals surface area contributed by atoms with Gasteiger partial charge < -0.3 is 16.4 Å². The maximum Gasteiger partial charge on any atom is 0.257 e. The highest BCUT2D eigenvalue weighted by molar-refractivity contribution is 5.86. The molecular weight excluding hydrogens is 272 g/mol. The molecule has 0 atom stereocenters. The van der Waals surface area contributed by atoms with Gasteiger partial charge in [0.25, 0.3) is 5.95 Å². The number of hydrogen-bond acceptors (Lipinski definition) is 7. The van der Waals surface area contributed by atoms with Gasteiger partial charge in [-0.25, -0.2) is 4.68 Å². The first-order valence-electron chi connectivity index (χ1n) is 6.50. The van der Waals surface area contributed by atoms with E-state index in [0.29, 0.717) is 18.4 Å². The molecule has 2 aromatic heterocycles. The van der Waals surface area contributed by atoms with E-state index < -0.39 is 11.4 Å². The molecule has 21 heavy (non-hydrogen) atoms. The van der Waals surface area contributed by atoms with E-state index in [4.69, 9.17) is 5.73 Å². The zero-order chi connectivity index (χ0) is 15.5. The van der Waals surface area contributed by atoms with Crippen LogP contribution in [-0.4, -0.2) is 42.7 Å². The molecule has 0 aliphatic rings. The smallest absolute Gasteiger partial charge is 0.257 e. The molecule has 0 aliphatic heterocycles. The fourth-order valence-corrected chi connectivity index (χ4v) is 1.49. The summed E-state index contributed by atoms with van der Waals surface area (Å²) in [6.07, 6.45) is 3.34. The molecule has 4 N–H and O–H groups in total. The van der Waals surface area contributed by atoms with Crippen LogP contribution < -0.4 is 16.4 Å². The molecule has 0 spiro atoms. The Morgan fingerprint density at radius 3 is 2.62 bits per heavy atom. The van der Waals surface area contributed by atoms with Gasteiger partial charge in [0.15, 0.2) is 0 Å². The lowest BCUT2D eigenvalue weighted by molar-refractivity contribution is -0.121. The predicted octanol–water partition coefficient (Wildman–Crippen LogP) is 0.165. The molecule has 1 amide bonds. The number of anilines is 2. The highest BCUT2D eigenvalue weighted by Crippen LogP contribution is 2.14. The van der Waals surface area contributed by atoms with Crippen molar-refractivity contribution >= 4 is 17.8 Å². The highest BCUT2D eigenvalue weighted by atomic mass is 16.1. The summed E-state index contributed by atoms with van der Waals surface area (Å²) in [4.78, 5) is 24.1. The average Bonchev–Trinajstić information content (AvgIpc) is 2.92. The third-order valence-corrected chi connectivity index (χ3v) is 2.71. The van der Waals surface area contributed by atoms with Gasteiger partial charge in [0, 0.05) is 18.9 Å². The van der Waals surface area contributed by atoms with Crippen LogP contribution in [0.2, 0.25) is 0 Å². The Balaban J connectivity index is 2.39. The van der Waals surface area contributed by atoms with Gasteiger partial charge in [-0.15, -0.1) is 0 Å². The molecule has 0 saturated carbocycles. The summed E-state index contributed by atoms with van der Waals surface area (Å²) in [6.45, 7) is 5.89. The standard InChI is InChI=1S/C12H18N8O/c1-4-14-9-16-10(19-12(2,3)8(13)21)18-11(17-9)20-7-5-6-15-20/h5-7H,4H2,1-3H3,(H2,13,21)(H2,14,16,17,18,19).